The zero-order chi connectivity index (χ0) is 22.4. The van der Waals surface area contributed by atoms with Crippen LogP contribution in [0.3, 0.4) is 0 Å². The van der Waals surface area contributed by atoms with Crippen LogP contribution < -0.4 is 30.1 Å². The van der Waals surface area contributed by atoms with Crippen LogP contribution in [0, 0.1) is 0 Å². The number of anilines is 1. The highest BCUT2D eigenvalue weighted by Gasteiger charge is 2.24. The van der Waals surface area contributed by atoms with Gasteiger partial charge in [0.25, 0.3) is 0 Å². The fourth-order valence-electron chi connectivity index (χ4n) is 3.49. The summed E-state index contributed by atoms with van der Waals surface area (Å²) in [5.41, 5.74) is 1.84. The van der Waals surface area contributed by atoms with Crippen molar-refractivity contribution in [2.75, 3.05) is 39.3 Å². The predicted octanol–water partition coefficient (Wildman–Crippen LogP) is 1.91. The molecule has 2 aromatic rings. The zero-order valence-corrected chi connectivity index (χ0v) is 21.5. The van der Waals surface area contributed by atoms with E-state index >= 15 is 0 Å². The molecule has 9 nitrogen and oxygen atoms in total. The standard InChI is InChI=1S/C21H29N5O4S.HI/c1-23-21(24-13-15-5-4-6-20(9-15)31(22,27)28)25-16-7-8-26(14-16)17-10-18(29-2)12-19(11-17)30-3;/h4-6,9-12,16H,7-8,13-14H2,1-3H3,(H2,22,27,28)(H2,23,24,25);1H. The molecule has 4 N–H and O–H groups in total. The molecular formula is C21H30IN5O4S. The van der Waals surface area contributed by atoms with Gasteiger partial charge in [-0.25, -0.2) is 13.6 Å². The van der Waals surface area contributed by atoms with Crippen molar-refractivity contribution in [2.24, 2.45) is 10.1 Å². The third-order valence-electron chi connectivity index (χ3n) is 5.14. The number of ether oxygens (including phenoxy) is 2. The highest BCUT2D eigenvalue weighted by atomic mass is 127. The molecule has 1 heterocycles. The Bertz CT molecular complexity index is 1030. The Morgan fingerprint density at radius 1 is 1.19 bits per heavy atom. The molecule has 1 saturated heterocycles. The summed E-state index contributed by atoms with van der Waals surface area (Å²) in [7, 11) is 1.26. The van der Waals surface area contributed by atoms with E-state index in [2.05, 4.69) is 20.5 Å². The molecular weight excluding hydrogens is 545 g/mol. The summed E-state index contributed by atoms with van der Waals surface area (Å²) in [6, 6.07) is 12.6. The molecule has 0 radical (unpaired) electrons. The highest BCUT2D eigenvalue weighted by molar-refractivity contribution is 14.0. The number of primary sulfonamides is 1. The van der Waals surface area contributed by atoms with Gasteiger partial charge in [0.1, 0.15) is 11.5 Å². The van der Waals surface area contributed by atoms with E-state index in [1.165, 1.54) is 6.07 Å². The molecule has 0 aromatic heterocycles. The minimum absolute atomic E-state index is 0. The predicted molar refractivity (Wildman–Crippen MR) is 137 cm³/mol. The Morgan fingerprint density at radius 2 is 1.88 bits per heavy atom. The molecule has 1 atom stereocenters. The summed E-state index contributed by atoms with van der Waals surface area (Å²) in [6.45, 7) is 2.12. The Balaban J connectivity index is 0.00000363. The first-order valence-corrected chi connectivity index (χ1v) is 11.4. The Hall–Kier alpha value is -2.25. The topological polar surface area (TPSA) is 118 Å². The van der Waals surface area contributed by atoms with Crippen LogP contribution in [0.1, 0.15) is 12.0 Å². The van der Waals surface area contributed by atoms with Crippen LogP contribution in [0.15, 0.2) is 52.4 Å². The number of aliphatic imine (C=N–C) groups is 1. The minimum Gasteiger partial charge on any atom is -0.497 e. The first kappa shape index (κ1) is 26.0. The molecule has 0 bridgehead atoms. The van der Waals surface area contributed by atoms with Gasteiger partial charge in [-0.1, -0.05) is 12.1 Å². The maximum atomic E-state index is 11.5. The van der Waals surface area contributed by atoms with E-state index in [1.807, 2.05) is 24.3 Å². The number of sulfonamides is 1. The molecule has 0 spiro atoms. The largest absolute Gasteiger partial charge is 0.497 e. The monoisotopic (exact) mass is 575 g/mol. The van der Waals surface area contributed by atoms with Gasteiger partial charge in [-0.3, -0.25) is 4.99 Å². The Labute approximate surface area is 206 Å². The molecule has 3 rings (SSSR count). The maximum Gasteiger partial charge on any atom is 0.238 e. The van der Waals surface area contributed by atoms with Crippen LogP contribution in [0.2, 0.25) is 0 Å². The molecule has 176 valence electrons. The van der Waals surface area contributed by atoms with Crippen molar-refractivity contribution >= 4 is 45.6 Å². The number of nitrogens with one attached hydrogen (secondary N) is 2. The molecule has 0 amide bonds. The van der Waals surface area contributed by atoms with Crippen LogP contribution in [0.5, 0.6) is 11.5 Å². The summed E-state index contributed by atoms with van der Waals surface area (Å²) >= 11 is 0. The van der Waals surface area contributed by atoms with E-state index < -0.39 is 10.0 Å². The average molecular weight is 575 g/mol. The molecule has 1 aliphatic rings. The summed E-state index contributed by atoms with van der Waals surface area (Å²) in [6.07, 6.45) is 0.946. The van der Waals surface area contributed by atoms with Crippen LogP contribution >= 0.6 is 24.0 Å². The van der Waals surface area contributed by atoms with Crippen molar-refractivity contribution in [1.82, 2.24) is 10.6 Å². The normalized spacial score (nSPS) is 16.3. The SMILES string of the molecule is CN=C(NCc1cccc(S(N)(=O)=O)c1)NC1CCN(c2cc(OC)cc(OC)c2)C1.I. The Kier molecular flexibility index (Phi) is 9.40. The highest BCUT2D eigenvalue weighted by Crippen LogP contribution is 2.30. The van der Waals surface area contributed by atoms with Gasteiger partial charge in [0.2, 0.25) is 10.0 Å². The smallest absolute Gasteiger partial charge is 0.238 e. The number of rotatable bonds is 7. The summed E-state index contributed by atoms with van der Waals surface area (Å²) in [5.74, 6) is 2.16. The van der Waals surface area contributed by atoms with Gasteiger partial charge in [0.05, 0.1) is 19.1 Å². The van der Waals surface area contributed by atoms with Crippen LogP contribution in [0.25, 0.3) is 0 Å². The van der Waals surface area contributed by atoms with Crippen LogP contribution in [0.4, 0.5) is 5.69 Å². The molecule has 32 heavy (non-hydrogen) atoms. The van der Waals surface area contributed by atoms with E-state index in [4.69, 9.17) is 14.6 Å². The fraction of sp³-hybridized carbons (Fsp3) is 0.381. The summed E-state index contributed by atoms with van der Waals surface area (Å²) in [5, 5.41) is 11.9. The van der Waals surface area contributed by atoms with Gasteiger partial charge < -0.3 is 25.0 Å². The number of halogens is 1. The van der Waals surface area contributed by atoms with E-state index in [1.54, 1.807) is 33.4 Å². The van der Waals surface area contributed by atoms with Crippen molar-refractivity contribution in [2.45, 2.75) is 23.9 Å². The van der Waals surface area contributed by atoms with Gasteiger partial charge in [-0.05, 0) is 24.1 Å². The summed E-state index contributed by atoms with van der Waals surface area (Å²) < 4.78 is 33.8. The van der Waals surface area contributed by atoms with Gasteiger partial charge in [-0.2, -0.15) is 0 Å². The van der Waals surface area contributed by atoms with E-state index in [0.717, 1.165) is 42.3 Å². The van der Waals surface area contributed by atoms with Gasteiger partial charge in [0.15, 0.2) is 5.96 Å². The van der Waals surface area contributed by atoms with E-state index in [-0.39, 0.29) is 34.9 Å². The van der Waals surface area contributed by atoms with Crippen LogP contribution in [-0.2, 0) is 16.6 Å². The number of methoxy groups -OCH3 is 2. The Morgan fingerprint density at radius 3 is 2.47 bits per heavy atom. The second-order valence-corrected chi connectivity index (χ2v) is 8.83. The van der Waals surface area contributed by atoms with Gasteiger partial charge >= 0.3 is 0 Å². The fourth-order valence-corrected chi connectivity index (χ4v) is 4.08. The third kappa shape index (κ3) is 6.87. The lowest BCUT2D eigenvalue weighted by Crippen LogP contribution is -2.44. The third-order valence-corrected chi connectivity index (χ3v) is 6.05. The first-order chi connectivity index (χ1) is 14.8. The number of nitrogens with zero attached hydrogens (tertiary/aromatic N) is 2. The molecule has 1 unspecified atom stereocenters. The van der Waals surface area contributed by atoms with Crippen molar-refractivity contribution in [3.8, 4) is 11.5 Å². The van der Waals surface area contributed by atoms with Crippen molar-refractivity contribution in [1.29, 1.82) is 0 Å². The average Bonchev–Trinajstić information content (AvgIpc) is 3.24. The molecule has 2 aromatic carbocycles. The number of guanidine groups is 1. The van der Waals surface area contributed by atoms with Crippen molar-refractivity contribution in [3.05, 3.63) is 48.0 Å². The number of hydrogen-bond acceptors (Lipinski definition) is 6. The molecule has 0 saturated carbocycles. The van der Waals surface area contributed by atoms with Gasteiger partial charge in [-0.15, -0.1) is 24.0 Å². The van der Waals surface area contributed by atoms with E-state index in [0.29, 0.717) is 12.5 Å². The zero-order valence-electron chi connectivity index (χ0n) is 18.4. The first-order valence-electron chi connectivity index (χ1n) is 9.89. The van der Waals surface area contributed by atoms with Crippen LogP contribution in [-0.4, -0.2) is 54.8 Å². The second-order valence-electron chi connectivity index (χ2n) is 7.26. The summed E-state index contributed by atoms with van der Waals surface area (Å²) in [4.78, 5) is 6.65. The van der Waals surface area contributed by atoms with Crippen molar-refractivity contribution < 1.29 is 17.9 Å². The number of benzene rings is 2. The molecule has 1 fully saturated rings. The lowest BCUT2D eigenvalue weighted by atomic mass is 10.2. The molecule has 0 aliphatic carbocycles. The molecule has 1 aliphatic heterocycles. The minimum atomic E-state index is -3.73. The lowest BCUT2D eigenvalue weighted by Gasteiger charge is -2.21. The number of nitrogens with two attached hydrogens (primary N) is 1. The van der Waals surface area contributed by atoms with E-state index in [9.17, 15) is 8.42 Å². The number of hydrogen-bond donors (Lipinski definition) is 3. The quantitative estimate of drug-likeness (QED) is 0.262. The van der Waals surface area contributed by atoms with Crippen molar-refractivity contribution in [3.63, 3.8) is 0 Å². The lowest BCUT2D eigenvalue weighted by molar-refractivity contribution is 0.394. The maximum absolute atomic E-state index is 11.5. The molecule has 11 heteroatoms. The van der Waals surface area contributed by atoms with Gasteiger partial charge in [0, 0.05) is 56.6 Å². The second kappa shape index (κ2) is 11.6.